The van der Waals surface area contributed by atoms with E-state index in [0.29, 0.717) is 24.8 Å². The Hall–Kier alpha value is -0.570. The van der Waals surface area contributed by atoms with Crippen molar-refractivity contribution in [3.63, 3.8) is 0 Å². The first kappa shape index (κ1) is 22.5. The van der Waals surface area contributed by atoms with Crippen LogP contribution in [0.5, 0.6) is 0 Å². The van der Waals surface area contributed by atoms with Gasteiger partial charge in [0.1, 0.15) is 0 Å². The summed E-state index contributed by atoms with van der Waals surface area (Å²) in [6, 6.07) is 0. The molecule has 2 rings (SSSR count). The van der Waals surface area contributed by atoms with Crippen LogP contribution in [0.3, 0.4) is 0 Å². The Kier molecular flexibility index (Phi) is 10.7. The van der Waals surface area contributed by atoms with E-state index in [1.54, 1.807) is 14.1 Å². The number of aliphatic hydroxyl groups excluding tert-OH is 1. The molecule has 6 nitrogen and oxygen atoms in total. The Balaban J connectivity index is 0.00000312. The molecule has 0 bridgehead atoms. The van der Waals surface area contributed by atoms with E-state index >= 15 is 0 Å². The van der Waals surface area contributed by atoms with Crippen LogP contribution >= 0.6 is 24.0 Å². The molecule has 1 aliphatic carbocycles. The van der Waals surface area contributed by atoms with Gasteiger partial charge in [-0.05, 0) is 37.5 Å². The van der Waals surface area contributed by atoms with Crippen LogP contribution in [0.2, 0.25) is 0 Å². The quantitative estimate of drug-likeness (QED) is 0.329. The minimum absolute atomic E-state index is 0. The summed E-state index contributed by atoms with van der Waals surface area (Å²) < 4.78 is 0. The lowest BCUT2D eigenvalue weighted by Gasteiger charge is -2.35. The second-order valence-corrected chi connectivity index (χ2v) is 7.20. The molecule has 0 aromatic heterocycles. The zero-order valence-corrected chi connectivity index (χ0v) is 18.0. The minimum Gasteiger partial charge on any atom is -0.391 e. The SMILES string of the molecule is CN=C(NCC(O)C1CCCCC1)N1CCC(CC(=O)NC)CC1.I. The van der Waals surface area contributed by atoms with E-state index in [2.05, 4.69) is 20.5 Å². The fourth-order valence-electron chi connectivity index (χ4n) is 3.93. The number of nitrogens with zero attached hydrogens (tertiary/aromatic N) is 2. The Labute approximate surface area is 169 Å². The van der Waals surface area contributed by atoms with Crippen LogP contribution in [0.25, 0.3) is 0 Å². The van der Waals surface area contributed by atoms with E-state index in [-0.39, 0.29) is 36.0 Å². The minimum atomic E-state index is -0.284. The number of aliphatic imine (C=N–C) groups is 1. The van der Waals surface area contributed by atoms with Gasteiger partial charge in [0.25, 0.3) is 0 Å². The van der Waals surface area contributed by atoms with Gasteiger partial charge in [-0.2, -0.15) is 0 Å². The average molecular weight is 466 g/mol. The molecule has 0 radical (unpaired) electrons. The lowest BCUT2D eigenvalue weighted by Crippen LogP contribution is -2.48. The highest BCUT2D eigenvalue weighted by atomic mass is 127. The van der Waals surface area contributed by atoms with E-state index in [4.69, 9.17) is 0 Å². The highest BCUT2D eigenvalue weighted by Crippen LogP contribution is 2.26. The van der Waals surface area contributed by atoms with Gasteiger partial charge >= 0.3 is 0 Å². The van der Waals surface area contributed by atoms with Gasteiger partial charge in [0, 0.05) is 40.2 Å². The topological polar surface area (TPSA) is 77.0 Å². The number of carbonyl (C=O) groups is 1. The third-order valence-electron chi connectivity index (χ3n) is 5.54. The van der Waals surface area contributed by atoms with Crippen LogP contribution in [0.4, 0.5) is 0 Å². The molecular weight excluding hydrogens is 431 g/mol. The molecule has 146 valence electrons. The fourth-order valence-corrected chi connectivity index (χ4v) is 3.93. The molecule has 25 heavy (non-hydrogen) atoms. The number of likely N-dealkylation sites (tertiary alicyclic amines) is 1. The largest absolute Gasteiger partial charge is 0.391 e. The summed E-state index contributed by atoms with van der Waals surface area (Å²) in [5.74, 6) is 1.91. The van der Waals surface area contributed by atoms with Gasteiger partial charge in [0.2, 0.25) is 5.91 Å². The van der Waals surface area contributed by atoms with Crippen LogP contribution < -0.4 is 10.6 Å². The molecule has 7 heteroatoms. The second kappa shape index (κ2) is 11.9. The van der Waals surface area contributed by atoms with Crippen LogP contribution in [0.1, 0.15) is 51.4 Å². The third kappa shape index (κ3) is 7.29. The predicted octanol–water partition coefficient (Wildman–Crippen LogP) is 1.97. The molecule has 1 unspecified atom stereocenters. The Morgan fingerprint density at radius 3 is 2.40 bits per heavy atom. The molecule has 1 aliphatic heterocycles. The molecule has 1 saturated heterocycles. The molecular formula is C18H35IN4O2. The summed E-state index contributed by atoms with van der Waals surface area (Å²) >= 11 is 0. The summed E-state index contributed by atoms with van der Waals surface area (Å²) in [4.78, 5) is 18.1. The van der Waals surface area contributed by atoms with E-state index in [9.17, 15) is 9.90 Å². The molecule has 1 heterocycles. The third-order valence-corrected chi connectivity index (χ3v) is 5.54. The predicted molar refractivity (Wildman–Crippen MR) is 112 cm³/mol. The number of carbonyl (C=O) groups excluding carboxylic acids is 1. The van der Waals surface area contributed by atoms with Crippen LogP contribution in [0, 0.1) is 11.8 Å². The Morgan fingerprint density at radius 1 is 1.20 bits per heavy atom. The highest BCUT2D eigenvalue weighted by Gasteiger charge is 2.25. The molecule has 2 aliphatic rings. The highest BCUT2D eigenvalue weighted by molar-refractivity contribution is 14.0. The lowest BCUT2D eigenvalue weighted by atomic mass is 9.85. The number of aliphatic hydroxyl groups is 1. The van der Waals surface area contributed by atoms with Crippen LogP contribution in [-0.2, 0) is 4.79 Å². The molecule has 1 atom stereocenters. The van der Waals surface area contributed by atoms with Gasteiger partial charge in [-0.3, -0.25) is 9.79 Å². The molecule has 0 aromatic rings. The van der Waals surface area contributed by atoms with Gasteiger partial charge in [0.15, 0.2) is 5.96 Å². The van der Waals surface area contributed by atoms with Gasteiger partial charge in [-0.1, -0.05) is 19.3 Å². The standard InChI is InChI=1S/C18H34N4O2.HI/c1-19-17(24)12-14-8-10-22(11-9-14)18(20-2)21-13-16(23)15-6-4-3-5-7-15;/h14-16,23H,3-13H2,1-2H3,(H,19,24)(H,20,21);1H. The maximum Gasteiger partial charge on any atom is 0.220 e. The Morgan fingerprint density at radius 2 is 1.84 bits per heavy atom. The second-order valence-electron chi connectivity index (χ2n) is 7.20. The van der Waals surface area contributed by atoms with E-state index < -0.39 is 0 Å². The number of piperidine rings is 1. The summed E-state index contributed by atoms with van der Waals surface area (Å²) in [6.07, 6.45) is 8.45. The fraction of sp³-hybridized carbons (Fsp3) is 0.889. The van der Waals surface area contributed by atoms with Crippen molar-refractivity contribution >= 4 is 35.8 Å². The number of amides is 1. The number of guanidine groups is 1. The van der Waals surface area contributed by atoms with Crippen molar-refractivity contribution in [2.24, 2.45) is 16.8 Å². The number of hydrogen-bond donors (Lipinski definition) is 3. The first-order valence-electron chi connectivity index (χ1n) is 9.48. The van der Waals surface area contributed by atoms with E-state index in [1.165, 1.54) is 19.3 Å². The smallest absolute Gasteiger partial charge is 0.220 e. The number of rotatable bonds is 5. The number of halogens is 1. The molecule has 1 amide bonds. The zero-order valence-electron chi connectivity index (χ0n) is 15.7. The van der Waals surface area contributed by atoms with Gasteiger partial charge < -0.3 is 20.6 Å². The molecule has 2 fully saturated rings. The van der Waals surface area contributed by atoms with Crippen molar-refractivity contribution in [1.29, 1.82) is 0 Å². The molecule has 0 spiro atoms. The first-order chi connectivity index (χ1) is 11.6. The van der Waals surface area contributed by atoms with Crippen molar-refractivity contribution in [3.8, 4) is 0 Å². The van der Waals surface area contributed by atoms with Crippen molar-refractivity contribution in [1.82, 2.24) is 15.5 Å². The summed E-state index contributed by atoms with van der Waals surface area (Å²) in [6.45, 7) is 2.41. The lowest BCUT2D eigenvalue weighted by molar-refractivity contribution is -0.121. The summed E-state index contributed by atoms with van der Waals surface area (Å²) in [5, 5.41) is 16.5. The zero-order chi connectivity index (χ0) is 17.4. The van der Waals surface area contributed by atoms with Gasteiger partial charge in [0.05, 0.1) is 6.10 Å². The summed E-state index contributed by atoms with van der Waals surface area (Å²) in [5.41, 5.74) is 0. The van der Waals surface area contributed by atoms with Crippen molar-refractivity contribution in [2.45, 2.75) is 57.5 Å². The van der Waals surface area contributed by atoms with Crippen molar-refractivity contribution < 1.29 is 9.90 Å². The van der Waals surface area contributed by atoms with Crippen LogP contribution in [0.15, 0.2) is 4.99 Å². The van der Waals surface area contributed by atoms with Crippen molar-refractivity contribution in [3.05, 3.63) is 0 Å². The number of hydrogen-bond acceptors (Lipinski definition) is 3. The first-order valence-corrected chi connectivity index (χ1v) is 9.48. The summed E-state index contributed by atoms with van der Waals surface area (Å²) in [7, 11) is 3.49. The van der Waals surface area contributed by atoms with E-state index in [0.717, 1.165) is 44.7 Å². The maximum atomic E-state index is 11.5. The maximum absolute atomic E-state index is 11.5. The van der Waals surface area contributed by atoms with Gasteiger partial charge in [-0.25, -0.2) is 0 Å². The van der Waals surface area contributed by atoms with Crippen LogP contribution in [-0.4, -0.2) is 61.7 Å². The number of nitrogens with one attached hydrogen (secondary N) is 2. The molecule has 3 N–H and O–H groups in total. The Bertz CT molecular complexity index is 419. The van der Waals surface area contributed by atoms with Gasteiger partial charge in [-0.15, -0.1) is 24.0 Å². The normalized spacial score (nSPS) is 21.4. The average Bonchev–Trinajstić information content (AvgIpc) is 2.63. The molecule has 1 saturated carbocycles. The van der Waals surface area contributed by atoms with Crippen molar-refractivity contribution in [2.75, 3.05) is 33.7 Å². The molecule has 0 aromatic carbocycles. The van der Waals surface area contributed by atoms with E-state index in [1.807, 2.05) is 0 Å². The monoisotopic (exact) mass is 466 g/mol.